The van der Waals surface area contributed by atoms with Crippen molar-refractivity contribution in [2.75, 3.05) is 0 Å². The zero-order valence-electron chi connectivity index (χ0n) is 19.7. The van der Waals surface area contributed by atoms with Crippen LogP contribution in [-0.4, -0.2) is 26.7 Å². The first kappa shape index (κ1) is 23.8. The number of carbonyl (C=O) groups excluding carboxylic acids is 1. The van der Waals surface area contributed by atoms with Crippen molar-refractivity contribution in [3.05, 3.63) is 101 Å². The van der Waals surface area contributed by atoms with Crippen LogP contribution >= 0.6 is 0 Å². The lowest BCUT2D eigenvalue weighted by Gasteiger charge is -2.19. The predicted octanol–water partition coefficient (Wildman–Crippen LogP) is 5.97. The Hall–Kier alpha value is -4.60. The number of alkyl halides is 3. The monoisotopic (exact) mass is 519 g/mol. The Bertz CT molecular complexity index is 1700. The van der Waals surface area contributed by atoms with E-state index in [0.29, 0.717) is 45.8 Å². The molecule has 5 aromatic rings. The molecule has 2 aromatic heterocycles. The zero-order valence-corrected chi connectivity index (χ0v) is 19.7. The molecule has 3 aromatic carbocycles. The second-order valence-corrected chi connectivity index (χ2v) is 9.49. The maximum Gasteiger partial charge on any atom is 0.416 e. The number of halogens is 3. The third-order valence-corrected chi connectivity index (χ3v) is 7.03. The van der Waals surface area contributed by atoms with Crippen LogP contribution in [0, 0.1) is 0 Å². The van der Waals surface area contributed by atoms with Crippen LogP contribution in [0.15, 0.2) is 77.6 Å². The topological polar surface area (TPSA) is 97.4 Å². The molecule has 192 valence electrons. The number of hydrogen-bond acceptors (Lipinski definition) is 4. The van der Waals surface area contributed by atoms with Crippen molar-refractivity contribution in [2.24, 2.45) is 0 Å². The van der Waals surface area contributed by atoms with E-state index in [2.05, 4.69) is 10.5 Å². The lowest BCUT2D eigenvalue weighted by Crippen LogP contribution is -2.35. The van der Waals surface area contributed by atoms with E-state index >= 15 is 0 Å². The van der Waals surface area contributed by atoms with Gasteiger partial charge in [-0.05, 0) is 60.4 Å². The smallest absolute Gasteiger partial charge is 0.416 e. The van der Waals surface area contributed by atoms with Gasteiger partial charge < -0.3 is 19.5 Å². The van der Waals surface area contributed by atoms with Crippen LogP contribution in [-0.2, 0) is 18.3 Å². The number of carboxylic acids is 1. The van der Waals surface area contributed by atoms with Crippen molar-refractivity contribution >= 4 is 33.7 Å². The molecule has 0 spiro atoms. The van der Waals surface area contributed by atoms with Gasteiger partial charge in [0.1, 0.15) is 0 Å². The molecule has 0 saturated heterocycles. The summed E-state index contributed by atoms with van der Waals surface area (Å²) in [7, 11) is 0. The fraction of sp³-hybridized carbons (Fsp3) is 0.179. The van der Waals surface area contributed by atoms with Crippen LogP contribution in [0.25, 0.3) is 21.9 Å². The van der Waals surface area contributed by atoms with Gasteiger partial charge in [0.2, 0.25) is 0 Å². The Labute approximate surface area is 213 Å². The molecule has 7 nitrogen and oxygen atoms in total. The van der Waals surface area contributed by atoms with Gasteiger partial charge in [0, 0.05) is 23.5 Å². The highest BCUT2D eigenvalue weighted by Gasteiger charge is 2.46. The summed E-state index contributed by atoms with van der Waals surface area (Å²) in [6.07, 6.45) is 0.274. The van der Waals surface area contributed by atoms with Gasteiger partial charge >= 0.3 is 12.1 Å². The molecule has 1 saturated carbocycles. The van der Waals surface area contributed by atoms with E-state index in [1.165, 1.54) is 30.5 Å². The molecule has 6 rings (SSSR count). The Morgan fingerprint density at radius 2 is 1.76 bits per heavy atom. The molecule has 10 heteroatoms. The van der Waals surface area contributed by atoms with Crippen LogP contribution in [0.2, 0.25) is 0 Å². The molecule has 1 amide bonds. The van der Waals surface area contributed by atoms with Crippen LogP contribution in [0.5, 0.6) is 0 Å². The number of carboxylic acid groups (broad SMARTS) is 1. The van der Waals surface area contributed by atoms with Crippen molar-refractivity contribution < 1.29 is 32.4 Å². The van der Waals surface area contributed by atoms with E-state index in [1.54, 1.807) is 35.0 Å². The van der Waals surface area contributed by atoms with Gasteiger partial charge in [-0.15, -0.1) is 0 Å². The Morgan fingerprint density at radius 3 is 2.39 bits per heavy atom. The van der Waals surface area contributed by atoms with E-state index in [1.807, 2.05) is 0 Å². The van der Waals surface area contributed by atoms with Gasteiger partial charge in [-0.25, -0.2) is 4.79 Å². The summed E-state index contributed by atoms with van der Waals surface area (Å²) in [4.78, 5) is 24.9. The lowest BCUT2D eigenvalue weighted by molar-refractivity contribution is -0.137. The van der Waals surface area contributed by atoms with Crippen LogP contribution < -0.4 is 5.32 Å². The fourth-order valence-electron chi connectivity index (χ4n) is 4.86. The lowest BCUT2D eigenvalue weighted by atomic mass is 10.0. The number of nitrogens with zero attached hydrogens (tertiary/aromatic N) is 2. The van der Waals surface area contributed by atoms with Gasteiger partial charge in [-0.2, -0.15) is 13.2 Å². The Kier molecular flexibility index (Phi) is 5.30. The van der Waals surface area contributed by atoms with Crippen LogP contribution in [0.3, 0.4) is 0 Å². The number of benzene rings is 3. The summed E-state index contributed by atoms with van der Waals surface area (Å²) < 4.78 is 46.2. The SMILES string of the molecule is O=C(O)c1ccc(C2(NC(=O)c3cc4cnoc4c4ccn(Cc5ccc(C(F)(F)F)cc5)c34)CC2)cc1. The first-order chi connectivity index (χ1) is 18.1. The third-order valence-electron chi connectivity index (χ3n) is 7.03. The maximum atomic E-state index is 13.7. The van der Waals surface area contributed by atoms with Crippen LogP contribution in [0.4, 0.5) is 13.2 Å². The average molecular weight is 519 g/mol. The molecule has 1 fully saturated rings. The number of hydrogen-bond donors (Lipinski definition) is 2. The van der Waals surface area contributed by atoms with Crippen molar-refractivity contribution in [1.29, 1.82) is 0 Å². The first-order valence-electron chi connectivity index (χ1n) is 11.8. The third kappa shape index (κ3) is 4.07. The minimum atomic E-state index is -4.42. The summed E-state index contributed by atoms with van der Waals surface area (Å²) >= 11 is 0. The average Bonchev–Trinajstić information content (AvgIpc) is 3.30. The van der Waals surface area contributed by atoms with Crippen molar-refractivity contribution in [3.8, 4) is 0 Å². The van der Waals surface area contributed by atoms with Gasteiger partial charge in [-0.3, -0.25) is 4.79 Å². The largest absolute Gasteiger partial charge is 0.478 e. The van der Waals surface area contributed by atoms with Gasteiger partial charge in [0.05, 0.1) is 33.9 Å². The highest BCUT2D eigenvalue weighted by molar-refractivity contribution is 6.14. The molecule has 0 unspecified atom stereocenters. The molecule has 0 atom stereocenters. The molecule has 38 heavy (non-hydrogen) atoms. The minimum Gasteiger partial charge on any atom is -0.478 e. The van der Waals surface area contributed by atoms with Gasteiger partial charge in [-0.1, -0.05) is 29.4 Å². The molecular weight excluding hydrogens is 499 g/mol. The quantitative estimate of drug-likeness (QED) is 0.288. The van der Waals surface area contributed by atoms with E-state index in [-0.39, 0.29) is 18.0 Å². The maximum absolute atomic E-state index is 13.7. The number of carbonyl (C=O) groups is 2. The summed E-state index contributed by atoms with van der Waals surface area (Å²) in [5.74, 6) is -1.35. The summed E-state index contributed by atoms with van der Waals surface area (Å²) in [6.45, 7) is 0.239. The second kappa shape index (κ2) is 8.47. The van der Waals surface area contributed by atoms with Crippen LogP contribution in [0.1, 0.15) is 50.2 Å². The number of aromatic carboxylic acids is 1. The normalized spacial score (nSPS) is 14.6. The molecule has 2 heterocycles. The molecule has 2 N–H and O–H groups in total. The molecule has 0 bridgehead atoms. The fourth-order valence-corrected chi connectivity index (χ4v) is 4.86. The number of aromatic nitrogens is 2. The number of fused-ring (bicyclic) bond motifs is 3. The van der Waals surface area contributed by atoms with Crippen molar-refractivity contribution in [3.63, 3.8) is 0 Å². The number of rotatable bonds is 6. The number of amides is 1. The molecular formula is C28H20F3N3O4. The molecule has 1 aliphatic carbocycles. The summed E-state index contributed by atoms with van der Waals surface area (Å²) in [5.41, 5.74) is 1.74. The zero-order chi connectivity index (χ0) is 26.7. The van der Waals surface area contributed by atoms with Gasteiger partial charge in [0.25, 0.3) is 5.91 Å². The number of nitrogens with one attached hydrogen (secondary N) is 1. The van der Waals surface area contributed by atoms with Crippen molar-refractivity contribution in [1.82, 2.24) is 15.0 Å². The Balaban J connectivity index is 1.36. The minimum absolute atomic E-state index is 0.164. The summed E-state index contributed by atoms with van der Waals surface area (Å²) in [5, 5.41) is 17.5. The molecule has 1 aliphatic rings. The van der Waals surface area contributed by atoms with E-state index in [0.717, 1.165) is 17.7 Å². The highest BCUT2D eigenvalue weighted by atomic mass is 19.4. The van der Waals surface area contributed by atoms with E-state index in [4.69, 9.17) is 4.52 Å². The summed E-state index contributed by atoms with van der Waals surface area (Å²) in [6, 6.07) is 14.8. The standard InChI is InChI=1S/C28H20F3N3O4/c29-28(30,31)20-5-1-16(2-6-20)15-34-12-9-21-23(34)22(13-18-14-32-38-24(18)21)25(35)33-27(10-11-27)19-7-3-17(4-8-19)26(36)37/h1-9,12-14H,10-11,15H2,(H,33,35)(H,36,37). The first-order valence-corrected chi connectivity index (χ1v) is 11.8. The predicted molar refractivity (Wildman–Crippen MR) is 132 cm³/mol. The van der Waals surface area contributed by atoms with Crippen molar-refractivity contribution in [2.45, 2.75) is 31.1 Å². The van der Waals surface area contributed by atoms with E-state index in [9.17, 15) is 27.9 Å². The molecule has 0 aliphatic heterocycles. The molecule has 0 radical (unpaired) electrons. The Morgan fingerprint density at radius 1 is 1.05 bits per heavy atom. The van der Waals surface area contributed by atoms with Gasteiger partial charge in [0.15, 0.2) is 5.58 Å². The van der Waals surface area contributed by atoms with E-state index < -0.39 is 23.2 Å². The second-order valence-electron chi connectivity index (χ2n) is 9.49. The highest BCUT2D eigenvalue weighted by Crippen LogP contribution is 2.46.